The van der Waals surface area contributed by atoms with Gasteiger partial charge in [-0.2, -0.15) is 0 Å². The van der Waals surface area contributed by atoms with Crippen LogP contribution in [0.5, 0.6) is 0 Å². The second-order valence-electron chi connectivity index (χ2n) is 3.97. The Morgan fingerprint density at radius 1 is 1.29 bits per heavy atom. The lowest BCUT2D eigenvalue weighted by atomic mass is 10.2. The highest BCUT2D eigenvalue weighted by Gasteiger charge is 2.13. The van der Waals surface area contributed by atoms with E-state index in [2.05, 4.69) is 22.1 Å². The van der Waals surface area contributed by atoms with Crippen molar-refractivity contribution in [2.24, 2.45) is 0 Å². The van der Waals surface area contributed by atoms with Gasteiger partial charge >= 0.3 is 0 Å². The van der Waals surface area contributed by atoms with Crippen molar-refractivity contribution in [2.75, 3.05) is 11.9 Å². The second-order valence-corrected chi connectivity index (χ2v) is 3.97. The molecular formula is C15H10F2N2O2. The number of carbonyl (C=O) groups is 1. The van der Waals surface area contributed by atoms with Crippen LogP contribution in [0.15, 0.2) is 36.5 Å². The van der Waals surface area contributed by atoms with Crippen molar-refractivity contribution in [1.29, 1.82) is 0 Å². The summed E-state index contributed by atoms with van der Waals surface area (Å²) in [6.45, 7) is -0.287. The number of hydrogen-bond donors (Lipinski definition) is 2. The van der Waals surface area contributed by atoms with E-state index < -0.39 is 17.5 Å². The van der Waals surface area contributed by atoms with Crippen LogP contribution in [0, 0.1) is 23.5 Å². The van der Waals surface area contributed by atoms with E-state index in [9.17, 15) is 13.6 Å². The molecule has 0 saturated carbocycles. The number of rotatable bonds is 2. The van der Waals surface area contributed by atoms with Crippen LogP contribution in [0.25, 0.3) is 0 Å². The van der Waals surface area contributed by atoms with Crippen molar-refractivity contribution in [2.45, 2.75) is 0 Å². The van der Waals surface area contributed by atoms with Crippen molar-refractivity contribution >= 4 is 11.7 Å². The number of aliphatic hydroxyl groups is 1. The molecule has 4 nitrogen and oxygen atoms in total. The number of aliphatic hydroxyl groups excluding tert-OH is 1. The van der Waals surface area contributed by atoms with Crippen LogP contribution < -0.4 is 5.32 Å². The monoisotopic (exact) mass is 288 g/mol. The molecule has 1 aromatic carbocycles. The number of aromatic nitrogens is 1. The smallest absolute Gasteiger partial charge is 0.259 e. The Kier molecular flexibility index (Phi) is 4.59. The molecule has 1 amide bonds. The van der Waals surface area contributed by atoms with Gasteiger partial charge in [-0.05, 0) is 24.3 Å². The van der Waals surface area contributed by atoms with E-state index in [4.69, 9.17) is 5.11 Å². The third-order valence-electron chi connectivity index (χ3n) is 2.49. The molecule has 106 valence electrons. The number of halogens is 2. The maximum absolute atomic E-state index is 13.5. The Hall–Kier alpha value is -2.78. The molecule has 0 aliphatic carbocycles. The minimum Gasteiger partial charge on any atom is -0.384 e. The Morgan fingerprint density at radius 2 is 2.10 bits per heavy atom. The van der Waals surface area contributed by atoms with E-state index in [1.54, 1.807) is 6.07 Å². The minimum atomic E-state index is -0.955. The fourth-order valence-corrected chi connectivity index (χ4v) is 1.58. The molecule has 0 aliphatic rings. The molecule has 0 bridgehead atoms. The number of hydrogen-bond acceptors (Lipinski definition) is 3. The molecule has 0 atom stereocenters. The lowest BCUT2D eigenvalue weighted by molar-refractivity contribution is 0.102. The maximum atomic E-state index is 13.5. The quantitative estimate of drug-likeness (QED) is 0.830. The minimum absolute atomic E-state index is 0.175. The number of pyridine rings is 1. The molecule has 2 N–H and O–H groups in total. The summed E-state index contributed by atoms with van der Waals surface area (Å²) in [7, 11) is 0. The van der Waals surface area contributed by atoms with Crippen molar-refractivity contribution < 1.29 is 18.7 Å². The van der Waals surface area contributed by atoms with Crippen molar-refractivity contribution in [3.63, 3.8) is 0 Å². The molecule has 0 radical (unpaired) electrons. The van der Waals surface area contributed by atoms with E-state index in [-0.39, 0.29) is 18.0 Å². The number of nitrogens with one attached hydrogen (secondary N) is 1. The van der Waals surface area contributed by atoms with E-state index in [1.165, 1.54) is 12.3 Å². The molecule has 2 rings (SSSR count). The topological polar surface area (TPSA) is 62.2 Å². The Bertz CT molecular complexity index is 736. The van der Waals surface area contributed by atoms with Crippen LogP contribution in [-0.4, -0.2) is 22.6 Å². The average Bonchev–Trinajstić information content (AvgIpc) is 2.45. The van der Waals surface area contributed by atoms with Crippen LogP contribution in [0.4, 0.5) is 14.6 Å². The number of carbonyl (C=O) groups excluding carboxylic acids is 1. The maximum Gasteiger partial charge on any atom is 0.259 e. The van der Waals surface area contributed by atoms with Crippen molar-refractivity contribution in [3.05, 3.63) is 59.3 Å². The Labute approximate surface area is 119 Å². The van der Waals surface area contributed by atoms with Crippen LogP contribution >= 0.6 is 0 Å². The number of anilines is 1. The van der Waals surface area contributed by atoms with Gasteiger partial charge in [-0.1, -0.05) is 11.8 Å². The molecule has 0 fully saturated rings. The average molecular weight is 288 g/mol. The number of nitrogens with zero attached hydrogens (tertiary/aromatic N) is 1. The third kappa shape index (κ3) is 3.84. The lowest BCUT2D eigenvalue weighted by Gasteiger charge is -2.05. The van der Waals surface area contributed by atoms with Crippen molar-refractivity contribution in [1.82, 2.24) is 4.98 Å². The van der Waals surface area contributed by atoms with Crippen molar-refractivity contribution in [3.8, 4) is 11.8 Å². The first-order chi connectivity index (χ1) is 10.1. The zero-order chi connectivity index (χ0) is 15.2. The summed E-state index contributed by atoms with van der Waals surface area (Å²) in [5, 5.41) is 11.0. The number of amides is 1. The summed E-state index contributed by atoms with van der Waals surface area (Å²) >= 11 is 0. The molecule has 1 heterocycles. The molecule has 0 aliphatic heterocycles. The van der Waals surface area contributed by atoms with Gasteiger partial charge in [-0.3, -0.25) is 4.79 Å². The van der Waals surface area contributed by atoms with Gasteiger partial charge in [0.2, 0.25) is 0 Å². The van der Waals surface area contributed by atoms with E-state index >= 15 is 0 Å². The fraction of sp³-hybridized carbons (Fsp3) is 0.0667. The molecule has 0 saturated heterocycles. The SMILES string of the molecule is O=C(Nc1cc(C#CCO)ccn1)c1ccc(F)cc1F. The van der Waals surface area contributed by atoms with Crippen LogP contribution in [0.3, 0.4) is 0 Å². The van der Waals surface area contributed by atoms with Gasteiger partial charge in [0.25, 0.3) is 5.91 Å². The van der Waals surface area contributed by atoms with Gasteiger partial charge in [-0.15, -0.1) is 0 Å². The van der Waals surface area contributed by atoms with Gasteiger partial charge < -0.3 is 10.4 Å². The standard InChI is InChI=1S/C15H10F2N2O2/c16-11-3-4-12(13(17)9-11)15(21)19-14-8-10(2-1-7-20)5-6-18-14/h3-6,8-9,20H,7H2,(H,18,19,21). The van der Waals surface area contributed by atoms with E-state index in [0.29, 0.717) is 11.6 Å². The highest BCUT2D eigenvalue weighted by molar-refractivity contribution is 6.03. The number of benzene rings is 1. The molecule has 6 heteroatoms. The summed E-state index contributed by atoms with van der Waals surface area (Å²) in [6, 6.07) is 5.74. The van der Waals surface area contributed by atoms with Gasteiger partial charge in [0.1, 0.15) is 24.1 Å². The third-order valence-corrected chi connectivity index (χ3v) is 2.49. The zero-order valence-corrected chi connectivity index (χ0v) is 10.7. The van der Waals surface area contributed by atoms with E-state index in [0.717, 1.165) is 12.1 Å². The second kappa shape index (κ2) is 6.59. The summed E-state index contributed by atoms with van der Waals surface area (Å²) in [6.07, 6.45) is 1.41. The first kappa shape index (κ1) is 14.6. The van der Waals surface area contributed by atoms with Gasteiger partial charge in [0.15, 0.2) is 0 Å². The summed E-state index contributed by atoms with van der Waals surface area (Å²) < 4.78 is 26.3. The Morgan fingerprint density at radius 3 is 2.81 bits per heavy atom. The largest absolute Gasteiger partial charge is 0.384 e. The highest BCUT2D eigenvalue weighted by atomic mass is 19.1. The first-order valence-corrected chi connectivity index (χ1v) is 5.92. The van der Waals surface area contributed by atoms with Gasteiger partial charge in [0.05, 0.1) is 5.56 Å². The molecule has 2 aromatic rings. The van der Waals surface area contributed by atoms with Gasteiger partial charge in [-0.25, -0.2) is 13.8 Å². The normalized spacial score (nSPS) is 9.67. The Balaban J connectivity index is 2.19. The summed E-state index contributed by atoms with van der Waals surface area (Å²) in [5.74, 6) is 2.82. The van der Waals surface area contributed by atoms with Crippen LogP contribution in [0.1, 0.15) is 15.9 Å². The van der Waals surface area contributed by atoms with Gasteiger partial charge in [0, 0.05) is 17.8 Å². The zero-order valence-electron chi connectivity index (χ0n) is 10.7. The molecular weight excluding hydrogens is 278 g/mol. The fourth-order valence-electron chi connectivity index (χ4n) is 1.58. The van der Waals surface area contributed by atoms with Crippen LogP contribution in [-0.2, 0) is 0 Å². The lowest BCUT2D eigenvalue weighted by Crippen LogP contribution is -2.14. The predicted octanol–water partition coefficient (Wildman–Crippen LogP) is 1.96. The highest BCUT2D eigenvalue weighted by Crippen LogP contribution is 2.12. The van der Waals surface area contributed by atoms with E-state index in [1.807, 2.05) is 0 Å². The predicted molar refractivity (Wildman–Crippen MR) is 72.5 cm³/mol. The van der Waals surface area contributed by atoms with Crippen LogP contribution in [0.2, 0.25) is 0 Å². The summed E-state index contributed by atoms with van der Waals surface area (Å²) in [4.78, 5) is 15.8. The molecule has 0 unspecified atom stereocenters. The first-order valence-electron chi connectivity index (χ1n) is 5.92. The molecule has 1 aromatic heterocycles. The summed E-state index contributed by atoms with van der Waals surface area (Å²) in [5.41, 5.74) is 0.249. The molecule has 21 heavy (non-hydrogen) atoms. The molecule has 0 spiro atoms.